The van der Waals surface area contributed by atoms with Crippen molar-refractivity contribution in [2.45, 2.75) is 123 Å². The molecule has 4 amide bonds. The lowest BCUT2D eigenvalue weighted by Gasteiger charge is -2.62. The molecule has 3 saturated heterocycles. The maximum atomic E-state index is 14.7. The third kappa shape index (κ3) is 9.08. The Bertz CT molecular complexity index is 2520. The average Bonchev–Trinajstić information content (AvgIpc) is 3.86. The second kappa shape index (κ2) is 18.5. The second-order valence-corrected chi connectivity index (χ2v) is 21.8. The normalized spacial score (nSPS) is 23.3. The SMILES string of the molecule is CCn1c(-c2cccnc2[C@H](C)OC)c2c3cc(ccc31)-c1csc(n1)C[C@H](NC(=O)C(C(C)C)N(C)C(=O)N1CC3(CC(N4CC(F)C4)C3)C1)C(=O)N1CCC[C@H](N1)C(=O)OCC(C)(C)C2. The van der Waals surface area contributed by atoms with Crippen LogP contribution in [0, 0.1) is 16.7 Å². The number of halogens is 1. The number of nitrogens with one attached hydrogen (secondary N) is 2. The molecule has 360 valence electrons. The Labute approximate surface area is 396 Å². The van der Waals surface area contributed by atoms with Gasteiger partial charge in [-0.25, -0.2) is 19.6 Å². The zero-order valence-electron chi connectivity index (χ0n) is 40.1. The van der Waals surface area contributed by atoms with E-state index < -0.39 is 47.5 Å². The number of ether oxygens (including phenoxy) is 2. The van der Waals surface area contributed by atoms with Crippen LogP contribution >= 0.6 is 11.3 Å². The molecule has 4 aromatic rings. The number of methoxy groups -OCH3 is 1. The monoisotopic (exact) mass is 939 g/mol. The Morgan fingerprint density at radius 1 is 1.13 bits per heavy atom. The summed E-state index contributed by atoms with van der Waals surface area (Å²) in [5, 5.41) is 8.20. The van der Waals surface area contributed by atoms with E-state index in [1.807, 2.05) is 32.2 Å². The summed E-state index contributed by atoms with van der Waals surface area (Å²) in [6, 6.07) is 7.90. The van der Waals surface area contributed by atoms with Crippen molar-refractivity contribution in [3.8, 4) is 22.5 Å². The highest BCUT2D eigenvalue weighted by Gasteiger charge is 2.57. The van der Waals surface area contributed by atoms with E-state index in [-0.39, 0.29) is 36.5 Å². The van der Waals surface area contributed by atoms with Gasteiger partial charge >= 0.3 is 12.0 Å². The summed E-state index contributed by atoms with van der Waals surface area (Å²) < 4.78 is 27.8. The first-order valence-electron chi connectivity index (χ1n) is 24.0. The standard InChI is InChI=1S/C50H66FN9O6S/c1-9-59-40-15-14-31-18-35(40)36(44(59)34-12-10-16-52-42(34)30(4)65-8)22-49(5,6)28-66-47(63)37-13-11-17-60(55-37)46(62)38(19-41-53-39(31)25-67-41)54-45(61)43(29(2)3)56(7)48(64)58-26-50(27-58)20-33(21-50)57-23-32(51)24-57/h10,12,14-16,18,25,29-30,32-33,37-38,43,55H,9,11,13,17,19-24,26-28H2,1-8H3,(H,54,61)/t30-,37-,38-,43?/m0/s1. The molecule has 2 N–H and O–H groups in total. The minimum Gasteiger partial charge on any atom is -0.464 e. The smallest absolute Gasteiger partial charge is 0.324 e. The molecular formula is C50H66FN9O6S. The molecule has 4 aliphatic heterocycles. The van der Waals surface area contributed by atoms with E-state index in [9.17, 15) is 23.6 Å². The number of carbonyl (C=O) groups excluding carboxylic acids is 4. The van der Waals surface area contributed by atoms with Crippen molar-refractivity contribution < 1.29 is 33.0 Å². The molecule has 67 heavy (non-hydrogen) atoms. The Kier molecular flexibility index (Phi) is 13.0. The van der Waals surface area contributed by atoms with Crippen LogP contribution in [0.2, 0.25) is 0 Å². The number of aromatic nitrogens is 3. The van der Waals surface area contributed by atoms with Crippen molar-refractivity contribution in [2.24, 2.45) is 16.7 Å². The largest absolute Gasteiger partial charge is 0.464 e. The molecule has 0 radical (unpaired) electrons. The van der Waals surface area contributed by atoms with Gasteiger partial charge < -0.3 is 29.2 Å². The number of thiazole rings is 1. The molecule has 7 heterocycles. The maximum absolute atomic E-state index is 14.7. The summed E-state index contributed by atoms with van der Waals surface area (Å²) in [7, 11) is 3.34. The fourth-order valence-corrected chi connectivity index (χ4v) is 12.0. The van der Waals surface area contributed by atoms with Crippen LogP contribution in [0.1, 0.15) is 89.6 Å². The number of alkyl halides is 1. The molecule has 1 saturated carbocycles. The molecule has 4 atom stereocenters. The number of carbonyl (C=O) groups is 4. The summed E-state index contributed by atoms with van der Waals surface area (Å²) in [5.74, 6) is -1.56. The van der Waals surface area contributed by atoms with Gasteiger partial charge in [0.1, 0.15) is 24.3 Å². The Morgan fingerprint density at radius 3 is 2.60 bits per heavy atom. The number of aryl methyl sites for hydroxylation is 1. The molecular weight excluding hydrogens is 874 g/mol. The number of pyridine rings is 1. The van der Waals surface area contributed by atoms with Crippen molar-refractivity contribution in [1.29, 1.82) is 0 Å². The average molecular weight is 940 g/mol. The molecule has 1 unspecified atom stereocenters. The number of likely N-dealkylation sites (N-methyl/N-ethyl adjacent to an activating group) is 1. The number of hydrazine groups is 1. The molecule has 1 spiro atoms. The number of amides is 4. The number of esters is 1. The third-order valence-corrected chi connectivity index (χ3v) is 15.7. The van der Waals surface area contributed by atoms with Crippen molar-refractivity contribution in [2.75, 3.05) is 53.5 Å². The number of hydrogen-bond donors (Lipinski definition) is 2. The topological polar surface area (TPSA) is 154 Å². The quantitative estimate of drug-likeness (QED) is 0.181. The second-order valence-electron chi connectivity index (χ2n) is 20.8. The van der Waals surface area contributed by atoms with Crippen molar-refractivity contribution in [3.05, 3.63) is 58.2 Å². The van der Waals surface area contributed by atoms with Crippen LogP contribution in [-0.2, 0) is 43.2 Å². The van der Waals surface area contributed by atoms with Gasteiger partial charge in [0, 0.05) is 110 Å². The van der Waals surface area contributed by atoms with Crippen LogP contribution in [0.25, 0.3) is 33.4 Å². The fourth-order valence-electron chi connectivity index (χ4n) is 11.2. The first kappa shape index (κ1) is 47.1. The van der Waals surface area contributed by atoms with Crippen LogP contribution < -0.4 is 10.7 Å². The number of fused-ring (bicyclic) bond motifs is 6. The van der Waals surface area contributed by atoms with Crippen LogP contribution in [0.3, 0.4) is 0 Å². The van der Waals surface area contributed by atoms with Gasteiger partial charge in [0.25, 0.3) is 5.91 Å². The van der Waals surface area contributed by atoms with Crippen molar-refractivity contribution >= 4 is 46.1 Å². The highest BCUT2D eigenvalue weighted by Crippen LogP contribution is 2.51. The fraction of sp³-hybridized carbons (Fsp3) is 0.600. The summed E-state index contributed by atoms with van der Waals surface area (Å²) in [4.78, 5) is 72.4. The summed E-state index contributed by atoms with van der Waals surface area (Å²) in [6.45, 7) is 15.5. The van der Waals surface area contributed by atoms with Gasteiger partial charge in [-0.3, -0.25) is 29.3 Å². The molecule has 3 aromatic heterocycles. The Morgan fingerprint density at radius 2 is 1.90 bits per heavy atom. The number of benzene rings is 1. The lowest BCUT2D eigenvalue weighted by Crippen LogP contribution is -2.71. The molecule has 6 bridgehead atoms. The minimum absolute atomic E-state index is 0.0611. The van der Waals surface area contributed by atoms with E-state index in [1.165, 1.54) is 21.2 Å². The van der Waals surface area contributed by atoms with Gasteiger partial charge in [-0.2, -0.15) is 0 Å². The molecule has 4 fully saturated rings. The predicted octanol–water partition coefficient (Wildman–Crippen LogP) is 6.40. The summed E-state index contributed by atoms with van der Waals surface area (Å²) in [6.07, 6.45) is 4.43. The van der Waals surface area contributed by atoms with E-state index >= 15 is 0 Å². The first-order chi connectivity index (χ1) is 32.0. The van der Waals surface area contributed by atoms with E-state index in [4.69, 9.17) is 19.4 Å². The zero-order valence-corrected chi connectivity index (χ0v) is 41.0. The van der Waals surface area contributed by atoms with Gasteiger partial charge in [-0.1, -0.05) is 33.8 Å². The third-order valence-electron chi connectivity index (χ3n) is 14.8. The summed E-state index contributed by atoms with van der Waals surface area (Å²) in [5.41, 5.74) is 9.41. The number of rotatable bonds is 9. The van der Waals surface area contributed by atoms with E-state index in [0.717, 1.165) is 57.5 Å². The first-order valence-corrected chi connectivity index (χ1v) is 24.9. The number of urea groups is 1. The number of hydrogen-bond acceptors (Lipinski definition) is 11. The molecule has 15 nitrogen and oxygen atoms in total. The van der Waals surface area contributed by atoms with Crippen LogP contribution in [-0.4, -0.2) is 142 Å². The van der Waals surface area contributed by atoms with Gasteiger partial charge in [0.15, 0.2) is 0 Å². The van der Waals surface area contributed by atoms with Gasteiger partial charge in [-0.15, -0.1) is 11.3 Å². The van der Waals surface area contributed by atoms with E-state index in [2.05, 4.69) is 65.2 Å². The zero-order chi connectivity index (χ0) is 47.5. The number of likely N-dealkylation sites (tertiary alicyclic amines) is 2. The highest BCUT2D eigenvalue weighted by atomic mass is 32.1. The molecule has 9 rings (SSSR count). The summed E-state index contributed by atoms with van der Waals surface area (Å²) >= 11 is 1.42. The minimum atomic E-state index is -1.06. The lowest BCUT2D eigenvalue weighted by atomic mass is 9.60. The van der Waals surface area contributed by atoms with Crippen LogP contribution in [0.15, 0.2) is 41.9 Å². The number of cyclic esters (lactones) is 1. The Hall–Kier alpha value is -4.97. The van der Waals surface area contributed by atoms with Crippen LogP contribution in [0.4, 0.5) is 9.18 Å². The van der Waals surface area contributed by atoms with Gasteiger partial charge in [-0.05, 0) is 81.7 Å². The Balaban J connectivity index is 1.02. The van der Waals surface area contributed by atoms with Gasteiger partial charge in [0.05, 0.1) is 34.8 Å². The number of nitrogens with zero attached hydrogens (tertiary/aromatic N) is 7. The van der Waals surface area contributed by atoms with E-state index in [1.54, 1.807) is 25.3 Å². The van der Waals surface area contributed by atoms with E-state index in [0.29, 0.717) is 69.6 Å². The van der Waals surface area contributed by atoms with Gasteiger partial charge in [0.2, 0.25) is 5.91 Å². The van der Waals surface area contributed by atoms with Crippen molar-refractivity contribution in [3.63, 3.8) is 0 Å². The molecule has 1 aliphatic carbocycles. The molecule has 1 aromatic carbocycles. The lowest BCUT2D eigenvalue weighted by molar-refractivity contribution is -0.155. The predicted molar refractivity (Wildman–Crippen MR) is 255 cm³/mol. The maximum Gasteiger partial charge on any atom is 0.324 e. The molecule has 5 aliphatic rings. The van der Waals surface area contributed by atoms with Crippen LogP contribution in [0.5, 0.6) is 0 Å². The van der Waals surface area contributed by atoms with Crippen molar-refractivity contribution in [1.82, 2.24) is 45.0 Å². The highest BCUT2D eigenvalue weighted by molar-refractivity contribution is 7.10. The molecule has 17 heteroatoms.